The Bertz CT molecular complexity index is 699. The molecule has 6 heteroatoms. The number of alkyl halides is 1. The van der Waals surface area contributed by atoms with Gasteiger partial charge in [0.15, 0.2) is 6.17 Å². The van der Waals surface area contributed by atoms with Crippen LogP contribution in [-0.4, -0.2) is 26.2 Å². The van der Waals surface area contributed by atoms with Gasteiger partial charge in [-0.05, 0) is 24.6 Å². The number of hydrogen-bond donors (Lipinski definition) is 1. The molecule has 0 saturated heterocycles. The molecule has 22 heavy (non-hydrogen) atoms. The molecule has 118 valence electrons. The first-order valence-corrected chi connectivity index (χ1v) is 8.14. The predicted octanol–water partition coefficient (Wildman–Crippen LogP) is 2.77. The van der Waals surface area contributed by atoms with Gasteiger partial charge in [-0.15, -0.1) is 0 Å². The molecule has 1 N–H and O–H groups in total. The van der Waals surface area contributed by atoms with E-state index >= 15 is 0 Å². The fourth-order valence-corrected chi connectivity index (χ4v) is 2.80. The van der Waals surface area contributed by atoms with Crippen molar-refractivity contribution in [3.8, 4) is 0 Å². The number of rotatable bonds is 6. The van der Waals surface area contributed by atoms with Gasteiger partial charge in [0.25, 0.3) is 10.1 Å². The zero-order valence-electron chi connectivity index (χ0n) is 12.0. The minimum atomic E-state index is -4.01. The van der Waals surface area contributed by atoms with E-state index in [0.717, 1.165) is 5.56 Å². The smallest absolute Gasteiger partial charge is 0.297 e. The zero-order valence-corrected chi connectivity index (χ0v) is 12.8. The van der Waals surface area contributed by atoms with Crippen LogP contribution in [0.1, 0.15) is 17.3 Å². The van der Waals surface area contributed by atoms with E-state index < -0.39 is 29.0 Å². The first kappa shape index (κ1) is 16.6. The van der Waals surface area contributed by atoms with Crippen molar-refractivity contribution in [1.82, 2.24) is 0 Å². The Morgan fingerprint density at radius 3 is 2.27 bits per heavy atom. The lowest BCUT2D eigenvalue weighted by molar-refractivity contribution is 0.0384. The molecule has 0 aliphatic rings. The summed E-state index contributed by atoms with van der Waals surface area (Å²) in [5.41, 5.74) is 1.18. The SMILES string of the molecule is Cc1ccc(S(=O)(=O)OC[C@H](O)[C@@H](F)c2ccccc2)cc1. The second-order valence-corrected chi connectivity index (χ2v) is 6.55. The van der Waals surface area contributed by atoms with E-state index in [-0.39, 0.29) is 10.5 Å². The minimum absolute atomic E-state index is 0.0274. The van der Waals surface area contributed by atoms with Crippen LogP contribution in [0.5, 0.6) is 0 Å². The van der Waals surface area contributed by atoms with Crippen molar-refractivity contribution < 1.29 is 22.1 Å². The van der Waals surface area contributed by atoms with Gasteiger partial charge in [0, 0.05) is 0 Å². The summed E-state index contributed by atoms with van der Waals surface area (Å²) in [4.78, 5) is -0.0274. The lowest BCUT2D eigenvalue weighted by Crippen LogP contribution is -2.23. The maximum atomic E-state index is 14.0. The van der Waals surface area contributed by atoms with E-state index in [0.29, 0.717) is 0 Å². The molecule has 2 rings (SSSR count). The quantitative estimate of drug-likeness (QED) is 0.830. The van der Waals surface area contributed by atoms with Gasteiger partial charge in [0.1, 0.15) is 6.10 Å². The molecule has 0 aliphatic heterocycles. The lowest BCUT2D eigenvalue weighted by Gasteiger charge is -2.16. The average Bonchev–Trinajstić information content (AvgIpc) is 2.53. The van der Waals surface area contributed by atoms with Crippen molar-refractivity contribution in [1.29, 1.82) is 0 Å². The topological polar surface area (TPSA) is 63.6 Å². The third kappa shape index (κ3) is 4.13. The molecule has 0 aliphatic carbocycles. The Hall–Kier alpha value is -1.76. The minimum Gasteiger partial charge on any atom is -0.387 e. The Kier molecular flexibility index (Phi) is 5.28. The van der Waals surface area contributed by atoms with Gasteiger partial charge >= 0.3 is 0 Å². The molecule has 0 heterocycles. The van der Waals surface area contributed by atoms with Crippen LogP contribution in [0.25, 0.3) is 0 Å². The third-order valence-electron chi connectivity index (χ3n) is 3.16. The summed E-state index contributed by atoms with van der Waals surface area (Å²) in [6, 6.07) is 14.1. The summed E-state index contributed by atoms with van der Waals surface area (Å²) in [6.45, 7) is 1.18. The van der Waals surface area contributed by atoms with Gasteiger partial charge in [-0.2, -0.15) is 8.42 Å². The maximum absolute atomic E-state index is 14.0. The molecule has 0 unspecified atom stereocenters. The standard InChI is InChI=1S/C16H17FO4S/c1-12-7-9-14(10-8-12)22(19,20)21-11-15(18)16(17)13-5-3-2-4-6-13/h2-10,15-16,18H,11H2,1H3/t15-,16-/m0/s1. The average molecular weight is 324 g/mol. The monoisotopic (exact) mass is 324 g/mol. The van der Waals surface area contributed by atoms with E-state index in [4.69, 9.17) is 4.18 Å². The van der Waals surface area contributed by atoms with Crippen LogP contribution in [0.2, 0.25) is 0 Å². The summed E-state index contributed by atoms with van der Waals surface area (Å²) >= 11 is 0. The first-order chi connectivity index (χ1) is 10.4. The van der Waals surface area contributed by atoms with Crippen LogP contribution in [0.15, 0.2) is 59.5 Å². The van der Waals surface area contributed by atoms with Gasteiger partial charge in [-0.1, -0.05) is 48.0 Å². The molecule has 2 aromatic rings. The molecule has 0 aromatic heterocycles. The van der Waals surface area contributed by atoms with E-state index in [2.05, 4.69) is 0 Å². The second-order valence-electron chi connectivity index (χ2n) is 4.93. The van der Waals surface area contributed by atoms with E-state index in [1.54, 1.807) is 30.3 Å². The molecule has 4 nitrogen and oxygen atoms in total. The third-order valence-corrected chi connectivity index (χ3v) is 4.46. The number of halogens is 1. The van der Waals surface area contributed by atoms with Crippen LogP contribution >= 0.6 is 0 Å². The fourth-order valence-electron chi connectivity index (χ4n) is 1.88. The van der Waals surface area contributed by atoms with Crippen molar-refractivity contribution in [2.45, 2.75) is 24.1 Å². The molecule has 0 amide bonds. The molecule has 0 radical (unpaired) electrons. The summed E-state index contributed by atoms with van der Waals surface area (Å²) in [5.74, 6) is 0. The summed E-state index contributed by atoms with van der Waals surface area (Å²) in [6.07, 6.45) is -3.28. The summed E-state index contributed by atoms with van der Waals surface area (Å²) < 4.78 is 42.7. The van der Waals surface area contributed by atoms with Crippen molar-refractivity contribution in [3.63, 3.8) is 0 Å². The van der Waals surface area contributed by atoms with Gasteiger partial charge in [-0.3, -0.25) is 4.18 Å². The highest BCUT2D eigenvalue weighted by Crippen LogP contribution is 2.22. The molecular formula is C16H17FO4S. The van der Waals surface area contributed by atoms with Crippen LogP contribution in [0, 0.1) is 6.92 Å². The van der Waals surface area contributed by atoms with Gasteiger partial charge in [0.05, 0.1) is 11.5 Å². The number of aliphatic hydroxyl groups is 1. The van der Waals surface area contributed by atoms with Gasteiger partial charge < -0.3 is 5.11 Å². The van der Waals surface area contributed by atoms with Crippen molar-refractivity contribution in [3.05, 3.63) is 65.7 Å². The largest absolute Gasteiger partial charge is 0.387 e. The number of aryl methyl sites for hydroxylation is 1. The predicted molar refractivity (Wildman–Crippen MR) is 80.6 cm³/mol. The molecule has 2 atom stereocenters. The Morgan fingerprint density at radius 1 is 1.09 bits per heavy atom. The Morgan fingerprint density at radius 2 is 1.68 bits per heavy atom. The number of hydrogen-bond acceptors (Lipinski definition) is 4. The van der Waals surface area contributed by atoms with E-state index in [1.807, 2.05) is 6.92 Å². The highest BCUT2D eigenvalue weighted by Gasteiger charge is 2.24. The zero-order chi connectivity index (χ0) is 16.2. The van der Waals surface area contributed by atoms with E-state index in [9.17, 15) is 17.9 Å². The molecule has 2 aromatic carbocycles. The molecule has 0 spiro atoms. The molecular weight excluding hydrogens is 307 g/mol. The highest BCUT2D eigenvalue weighted by atomic mass is 32.2. The summed E-state index contributed by atoms with van der Waals surface area (Å²) in [5, 5.41) is 9.76. The number of aliphatic hydroxyl groups excluding tert-OH is 1. The second kappa shape index (κ2) is 7.00. The van der Waals surface area contributed by atoms with Crippen LogP contribution < -0.4 is 0 Å². The van der Waals surface area contributed by atoms with Gasteiger partial charge in [-0.25, -0.2) is 4.39 Å². The van der Waals surface area contributed by atoms with Crippen molar-refractivity contribution in [2.24, 2.45) is 0 Å². The van der Waals surface area contributed by atoms with Gasteiger partial charge in [0.2, 0.25) is 0 Å². The molecule has 0 bridgehead atoms. The first-order valence-electron chi connectivity index (χ1n) is 6.73. The van der Waals surface area contributed by atoms with Crippen LogP contribution in [0.4, 0.5) is 4.39 Å². The normalized spacial score (nSPS) is 14.5. The lowest BCUT2D eigenvalue weighted by atomic mass is 10.1. The molecule has 0 saturated carbocycles. The Balaban J connectivity index is 2.01. The van der Waals surface area contributed by atoms with Crippen molar-refractivity contribution in [2.75, 3.05) is 6.61 Å². The van der Waals surface area contributed by atoms with Crippen LogP contribution in [0.3, 0.4) is 0 Å². The molecule has 0 fully saturated rings. The van der Waals surface area contributed by atoms with Crippen molar-refractivity contribution >= 4 is 10.1 Å². The number of benzene rings is 2. The Labute approximate surface area is 129 Å². The maximum Gasteiger partial charge on any atom is 0.297 e. The summed E-state index contributed by atoms with van der Waals surface area (Å²) in [7, 11) is -4.01. The highest BCUT2D eigenvalue weighted by molar-refractivity contribution is 7.86. The van der Waals surface area contributed by atoms with E-state index in [1.165, 1.54) is 24.3 Å². The van der Waals surface area contributed by atoms with Crippen LogP contribution in [-0.2, 0) is 14.3 Å². The fraction of sp³-hybridized carbons (Fsp3) is 0.250.